The average Bonchev–Trinajstić information content (AvgIpc) is 2.26. The first-order valence-corrected chi connectivity index (χ1v) is 7.56. The van der Waals surface area contributed by atoms with Crippen molar-refractivity contribution < 1.29 is 13.5 Å². The van der Waals surface area contributed by atoms with E-state index >= 15 is 0 Å². The van der Waals surface area contributed by atoms with E-state index in [1.54, 1.807) is 18.2 Å². The van der Waals surface area contributed by atoms with Crippen molar-refractivity contribution in [2.45, 2.75) is 24.7 Å². The Morgan fingerprint density at radius 3 is 2.59 bits per heavy atom. The molecule has 0 fully saturated rings. The van der Waals surface area contributed by atoms with Gasteiger partial charge < -0.3 is 10.4 Å². The Kier molecular flexibility index (Phi) is 4.96. The van der Waals surface area contributed by atoms with Gasteiger partial charge in [0.1, 0.15) is 0 Å². The number of anilines is 1. The first-order valence-electron chi connectivity index (χ1n) is 5.66. The Morgan fingerprint density at radius 2 is 2.06 bits per heavy atom. The fourth-order valence-electron chi connectivity index (χ4n) is 1.55. The molecule has 17 heavy (non-hydrogen) atoms. The zero-order valence-corrected chi connectivity index (χ0v) is 11.0. The number of nitrogens with one attached hydrogen (secondary N) is 1. The van der Waals surface area contributed by atoms with Crippen LogP contribution in [0.2, 0.25) is 0 Å². The zero-order chi connectivity index (χ0) is 12.9. The van der Waals surface area contributed by atoms with E-state index in [9.17, 15) is 8.42 Å². The van der Waals surface area contributed by atoms with Crippen molar-refractivity contribution in [1.29, 1.82) is 0 Å². The molecule has 0 spiro atoms. The van der Waals surface area contributed by atoms with Crippen molar-refractivity contribution in [3.8, 4) is 0 Å². The molecule has 2 N–H and O–H groups in total. The molecule has 0 amide bonds. The molecule has 1 rings (SSSR count). The van der Waals surface area contributed by atoms with Crippen LogP contribution in [0.15, 0.2) is 23.1 Å². The molecule has 0 saturated heterocycles. The van der Waals surface area contributed by atoms with Crippen molar-refractivity contribution in [1.82, 2.24) is 0 Å². The number of hydrogen-bond donors (Lipinski definition) is 2. The molecule has 0 unspecified atom stereocenters. The highest BCUT2D eigenvalue weighted by molar-refractivity contribution is 7.90. The summed E-state index contributed by atoms with van der Waals surface area (Å²) < 4.78 is 22.9. The predicted octanol–water partition coefficient (Wildman–Crippen LogP) is 1.45. The predicted molar refractivity (Wildman–Crippen MR) is 69.1 cm³/mol. The van der Waals surface area contributed by atoms with Gasteiger partial charge in [-0.05, 0) is 30.5 Å². The summed E-state index contributed by atoms with van der Waals surface area (Å²) in [6.45, 7) is 2.88. The van der Waals surface area contributed by atoms with E-state index in [0.717, 1.165) is 24.2 Å². The van der Waals surface area contributed by atoms with Crippen LogP contribution in [0.25, 0.3) is 0 Å². The van der Waals surface area contributed by atoms with E-state index in [0.29, 0.717) is 11.3 Å². The van der Waals surface area contributed by atoms with Gasteiger partial charge in [-0.3, -0.25) is 0 Å². The van der Waals surface area contributed by atoms with Gasteiger partial charge in [0.05, 0.1) is 4.90 Å². The van der Waals surface area contributed by atoms with Gasteiger partial charge in [-0.25, -0.2) is 8.42 Å². The van der Waals surface area contributed by atoms with Crippen molar-refractivity contribution in [3.63, 3.8) is 0 Å². The summed E-state index contributed by atoms with van der Waals surface area (Å²) in [5.74, 6) is 0. The largest absolute Gasteiger partial charge is 0.396 e. The monoisotopic (exact) mass is 257 g/mol. The fraction of sp³-hybridized carbons (Fsp3) is 0.500. The summed E-state index contributed by atoms with van der Waals surface area (Å²) in [6, 6.07) is 4.97. The highest BCUT2D eigenvalue weighted by Crippen LogP contribution is 2.21. The van der Waals surface area contributed by atoms with E-state index in [1.807, 2.05) is 6.92 Å². The first-order chi connectivity index (χ1) is 7.99. The van der Waals surface area contributed by atoms with E-state index in [1.165, 1.54) is 6.26 Å². The average molecular weight is 257 g/mol. The van der Waals surface area contributed by atoms with E-state index < -0.39 is 9.84 Å². The number of rotatable bonds is 6. The maximum absolute atomic E-state index is 11.5. The Bertz CT molecular complexity index is 469. The van der Waals surface area contributed by atoms with Gasteiger partial charge in [0.15, 0.2) is 9.84 Å². The van der Waals surface area contributed by atoms with Gasteiger partial charge in [0, 0.05) is 25.1 Å². The second-order valence-electron chi connectivity index (χ2n) is 3.99. The van der Waals surface area contributed by atoms with Gasteiger partial charge in [-0.2, -0.15) is 0 Å². The summed E-state index contributed by atoms with van der Waals surface area (Å²) in [5.41, 5.74) is 1.73. The number of aliphatic hydroxyl groups is 1. The quantitative estimate of drug-likeness (QED) is 0.809. The molecule has 0 bridgehead atoms. The number of hydrogen-bond acceptors (Lipinski definition) is 4. The molecule has 96 valence electrons. The summed E-state index contributed by atoms with van der Waals surface area (Å²) in [5, 5.41) is 12.1. The highest BCUT2D eigenvalue weighted by Gasteiger charge is 2.10. The van der Waals surface area contributed by atoms with Crippen molar-refractivity contribution in [3.05, 3.63) is 23.8 Å². The molecule has 0 radical (unpaired) electrons. The van der Waals surface area contributed by atoms with Crippen molar-refractivity contribution in [2.75, 3.05) is 24.7 Å². The van der Waals surface area contributed by atoms with Crippen LogP contribution in [0, 0.1) is 0 Å². The SMILES string of the molecule is CCCNc1cc(S(C)(=O)=O)ccc1CCO. The first kappa shape index (κ1) is 14.0. The Hall–Kier alpha value is -1.07. The molecule has 0 aliphatic heterocycles. The van der Waals surface area contributed by atoms with Crippen LogP contribution in [0.3, 0.4) is 0 Å². The third-order valence-electron chi connectivity index (χ3n) is 2.46. The van der Waals surface area contributed by atoms with Gasteiger partial charge in [0.25, 0.3) is 0 Å². The lowest BCUT2D eigenvalue weighted by Gasteiger charge is -2.12. The lowest BCUT2D eigenvalue weighted by atomic mass is 10.1. The molecule has 5 heteroatoms. The second-order valence-corrected chi connectivity index (χ2v) is 6.01. The number of aliphatic hydroxyl groups excluding tert-OH is 1. The minimum atomic E-state index is -3.18. The lowest BCUT2D eigenvalue weighted by Crippen LogP contribution is -2.06. The molecule has 0 saturated carbocycles. The van der Waals surface area contributed by atoms with Gasteiger partial charge in [-0.15, -0.1) is 0 Å². The Balaban J connectivity index is 3.09. The molecule has 0 heterocycles. The molecule has 4 nitrogen and oxygen atoms in total. The van der Waals surface area contributed by atoms with Crippen LogP contribution in [-0.4, -0.2) is 32.9 Å². The van der Waals surface area contributed by atoms with Gasteiger partial charge >= 0.3 is 0 Å². The van der Waals surface area contributed by atoms with Crippen LogP contribution >= 0.6 is 0 Å². The molecular weight excluding hydrogens is 238 g/mol. The minimum absolute atomic E-state index is 0.0546. The molecule has 0 aliphatic carbocycles. The summed E-state index contributed by atoms with van der Waals surface area (Å²) in [4.78, 5) is 0.304. The van der Waals surface area contributed by atoms with Crippen LogP contribution in [0.1, 0.15) is 18.9 Å². The van der Waals surface area contributed by atoms with Crippen LogP contribution in [-0.2, 0) is 16.3 Å². The van der Waals surface area contributed by atoms with E-state index in [-0.39, 0.29) is 6.61 Å². The zero-order valence-electron chi connectivity index (χ0n) is 10.2. The second kappa shape index (κ2) is 6.02. The molecule has 1 aromatic carbocycles. The summed E-state index contributed by atoms with van der Waals surface area (Å²) in [6.07, 6.45) is 2.68. The Labute approximate surface area is 103 Å². The molecule has 1 aromatic rings. The minimum Gasteiger partial charge on any atom is -0.396 e. The summed E-state index contributed by atoms with van der Waals surface area (Å²) in [7, 11) is -3.18. The van der Waals surface area contributed by atoms with Gasteiger partial charge in [0.2, 0.25) is 0 Å². The maximum Gasteiger partial charge on any atom is 0.175 e. The third kappa shape index (κ3) is 4.02. The number of benzene rings is 1. The smallest absolute Gasteiger partial charge is 0.175 e. The standard InChI is InChI=1S/C12H19NO3S/c1-3-7-13-12-9-11(17(2,15)16)5-4-10(12)6-8-14/h4-5,9,13-14H,3,6-8H2,1-2H3. The van der Waals surface area contributed by atoms with Crippen LogP contribution < -0.4 is 5.32 Å². The highest BCUT2D eigenvalue weighted by atomic mass is 32.2. The fourth-order valence-corrected chi connectivity index (χ4v) is 2.20. The topological polar surface area (TPSA) is 66.4 Å². The third-order valence-corrected chi connectivity index (χ3v) is 3.57. The normalized spacial score (nSPS) is 11.5. The van der Waals surface area contributed by atoms with E-state index in [2.05, 4.69) is 5.32 Å². The molecular formula is C12H19NO3S. The maximum atomic E-state index is 11.5. The van der Waals surface area contributed by atoms with Crippen molar-refractivity contribution in [2.24, 2.45) is 0 Å². The Morgan fingerprint density at radius 1 is 1.35 bits per heavy atom. The van der Waals surface area contributed by atoms with Crippen LogP contribution in [0.4, 0.5) is 5.69 Å². The molecule has 0 atom stereocenters. The van der Waals surface area contributed by atoms with Crippen LogP contribution in [0.5, 0.6) is 0 Å². The summed E-state index contributed by atoms with van der Waals surface area (Å²) >= 11 is 0. The van der Waals surface area contributed by atoms with E-state index in [4.69, 9.17) is 5.11 Å². The lowest BCUT2D eigenvalue weighted by molar-refractivity contribution is 0.300. The number of sulfone groups is 1. The molecule has 0 aliphatic rings. The molecule has 0 aromatic heterocycles. The van der Waals surface area contributed by atoms with Crippen molar-refractivity contribution >= 4 is 15.5 Å². The van der Waals surface area contributed by atoms with Gasteiger partial charge in [-0.1, -0.05) is 13.0 Å².